The van der Waals surface area contributed by atoms with Crippen LogP contribution in [0.2, 0.25) is 0 Å². The molecule has 1 aliphatic heterocycles. The van der Waals surface area contributed by atoms with Gasteiger partial charge < -0.3 is 9.47 Å². The third-order valence-electron chi connectivity index (χ3n) is 4.11. The van der Waals surface area contributed by atoms with E-state index in [0.29, 0.717) is 6.04 Å². The molecular formula is C15H20N4OS. The topological polar surface area (TPSA) is 51.0 Å². The molecule has 1 saturated heterocycles. The van der Waals surface area contributed by atoms with E-state index in [1.54, 1.807) is 6.33 Å². The summed E-state index contributed by atoms with van der Waals surface area (Å²) in [5, 5.41) is 10.1. The zero-order valence-electron chi connectivity index (χ0n) is 12.2. The van der Waals surface area contributed by atoms with E-state index >= 15 is 0 Å². The molecule has 5 nitrogen and oxygen atoms in total. The normalized spacial score (nSPS) is 18.3. The summed E-state index contributed by atoms with van der Waals surface area (Å²) in [7, 11) is 0. The molecule has 2 aromatic heterocycles. The van der Waals surface area contributed by atoms with E-state index in [1.807, 2.05) is 22.4 Å². The van der Waals surface area contributed by atoms with Gasteiger partial charge in [-0.25, -0.2) is 0 Å². The van der Waals surface area contributed by atoms with Crippen LogP contribution in [0.25, 0.3) is 0 Å². The number of hydrogen-bond donors (Lipinski definition) is 0. The van der Waals surface area contributed by atoms with Crippen molar-refractivity contribution in [3.8, 4) is 0 Å². The monoisotopic (exact) mass is 304 g/mol. The predicted molar refractivity (Wildman–Crippen MR) is 82.4 cm³/mol. The number of aryl methyl sites for hydroxylation is 2. The number of carbonyl (C=O) groups is 1. The molecule has 112 valence electrons. The molecule has 0 aromatic carbocycles. The van der Waals surface area contributed by atoms with Crippen LogP contribution in [0, 0.1) is 0 Å². The first-order chi connectivity index (χ1) is 10.3. The highest BCUT2D eigenvalue weighted by molar-refractivity contribution is 7.12. The molecule has 0 saturated carbocycles. The first kappa shape index (κ1) is 14.3. The molecule has 0 aliphatic carbocycles. The van der Waals surface area contributed by atoms with E-state index in [-0.39, 0.29) is 5.91 Å². The Hall–Kier alpha value is -1.69. The number of aromatic nitrogens is 3. The summed E-state index contributed by atoms with van der Waals surface area (Å²) in [4.78, 5) is 15.4. The molecule has 1 fully saturated rings. The van der Waals surface area contributed by atoms with E-state index < -0.39 is 0 Å². The predicted octanol–water partition coefficient (Wildman–Crippen LogP) is 2.60. The van der Waals surface area contributed by atoms with Crippen LogP contribution in [0.15, 0.2) is 23.8 Å². The van der Waals surface area contributed by atoms with Gasteiger partial charge in [0.05, 0.1) is 4.88 Å². The smallest absolute Gasteiger partial charge is 0.264 e. The van der Waals surface area contributed by atoms with E-state index in [9.17, 15) is 4.79 Å². The van der Waals surface area contributed by atoms with Crippen LogP contribution in [0.4, 0.5) is 0 Å². The van der Waals surface area contributed by atoms with Crippen LogP contribution in [0.3, 0.4) is 0 Å². The largest absolute Gasteiger partial charge is 0.335 e. The van der Waals surface area contributed by atoms with Gasteiger partial charge in [0.25, 0.3) is 5.91 Å². The molecule has 1 amide bonds. The molecule has 21 heavy (non-hydrogen) atoms. The minimum atomic E-state index is 0.185. The fraction of sp³-hybridized carbons (Fsp3) is 0.533. The third kappa shape index (κ3) is 3.00. The Kier molecular flexibility index (Phi) is 4.34. The lowest BCUT2D eigenvalue weighted by Crippen LogP contribution is -2.35. The Morgan fingerprint density at radius 2 is 2.43 bits per heavy atom. The SMILES string of the molecule is CCn1cnnc1CCC1CCCN1C(=O)c1cccs1. The van der Waals surface area contributed by atoms with Crippen LogP contribution < -0.4 is 0 Å². The van der Waals surface area contributed by atoms with Gasteiger partial charge in [-0.3, -0.25) is 4.79 Å². The fourth-order valence-corrected chi connectivity index (χ4v) is 3.66. The molecule has 0 radical (unpaired) electrons. The van der Waals surface area contributed by atoms with Crippen molar-refractivity contribution < 1.29 is 4.79 Å². The van der Waals surface area contributed by atoms with Crippen molar-refractivity contribution >= 4 is 17.2 Å². The van der Waals surface area contributed by atoms with Gasteiger partial charge in [-0.05, 0) is 37.6 Å². The summed E-state index contributed by atoms with van der Waals surface area (Å²) in [6, 6.07) is 4.18. The van der Waals surface area contributed by atoms with Gasteiger partial charge >= 0.3 is 0 Å². The van der Waals surface area contributed by atoms with Crippen molar-refractivity contribution in [2.45, 2.75) is 45.2 Å². The Morgan fingerprint density at radius 3 is 3.19 bits per heavy atom. The summed E-state index contributed by atoms with van der Waals surface area (Å²) >= 11 is 1.52. The van der Waals surface area contributed by atoms with Crippen LogP contribution >= 0.6 is 11.3 Å². The summed E-state index contributed by atoms with van der Waals surface area (Å²) < 4.78 is 2.07. The van der Waals surface area contributed by atoms with Crippen molar-refractivity contribution in [1.82, 2.24) is 19.7 Å². The average Bonchev–Trinajstić information content (AvgIpc) is 3.23. The first-order valence-corrected chi connectivity index (χ1v) is 8.38. The van der Waals surface area contributed by atoms with Crippen molar-refractivity contribution in [3.05, 3.63) is 34.5 Å². The zero-order valence-corrected chi connectivity index (χ0v) is 13.1. The van der Waals surface area contributed by atoms with Gasteiger partial charge in [0.15, 0.2) is 0 Å². The van der Waals surface area contributed by atoms with Gasteiger partial charge in [-0.15, -0.1) is 21.5 Å². The molecule has 2 aromatic rings. The molecule has 1 unspecified atom stereocenters. The Balaban J connectivity index is 1.63. The minimum absolute atomic E-state index is 0.185. The lowest BCUT2D eigenvalue weighted by atomic mass is 10.1. The van der Waals surface area contributed by atoms with Gasteiger partial charge in [0.2, 0.25) is 0 Å². The Bertz CT molecular complexity index is 593. The molecule has 1 aliphatic rings. The van der Waals surface area contributed by atoms with Gasteiger partial charge in [0.1, 0.15) is 12.2 Å². The zero-order chi connectivity index (χ0) is 14.7. The van der Waals surface area contributed by atoms with E-state index in [2.05, 4.69) is 21.7 Å². The lowest BCUT2D eigenvalue weighted by molar-refractivity contribution is 0.0735. The van der Waals surface area contributed by atoms with Crippen molar-refractivity contribution in [2.75, 3.05) is 6.54 Å². The first-order valence-electron chi connectivity index (χ1n) is 7.50. The molecule has 1 atom stereocenters. The molecule has 3 heterocycles. The summed E-state index contributed by atoms with van der Waals surface area (Å²) in [5.74, 6) is 1.21. The molecule has 0 spiro atoms. The van der Waals surface area contributed by atoms with Gasteiger partial charge in [0, 0.05) is 25.6 Å². The second kappa shape index (κ2) is 6.39. The molecule has 3 rings (SSSR count). The summed E-state index contributed by atoms with van der Waals surface area (Å²) in [5.41, 5.74) is 0. The van der Waals surface area contributed by atoms with Crippen LogP contribution in [0.1, 0.15) is 41.7 Å². The number of carbonyl (C=O) groups excluding carboxylic acids is 1. The van der Waals surface area contributed by atoms with Crippen molar-refractivity contribution in [2.24, 2.45) is 0 Å². The molecule has 6 heteroatoms. The highest BCUT2D eigenvalue weighted by Crippen LogP contribution is 2.25. The number of thiophene rings is 1. The van der Waals surface area contributed by atoms with E-state index in [4.69, 9.17) is 0 Å². The van der Waals surface area contributed by atoms with Gasteiger partial charge in [-0.1, -0.05) is 6.07 Å². The maximum Gasteiger partial charge on any atom is 0.264 e. The summed E-state index contributed by atoms with van der Waals surface area (Å²) in [6.45, 7) is 3.86. The number of hydrogen-bond acceptors (Lipinski definition) is 4. The number of nitrogens with zero attached hydrogens (tertiary/aromatic N) is 4. The lowest BCUT2D eigenvalue weighted by Gasteiger charge is -2.24. The second-order valence-electron chi connectivity index (χ2n) is 5.34. The highest BCUT2D eigenvalue weighted by atomic mass is 32.1. The van der Waals surface area contributed by atoms with Crippen molar-refractivity contribution in [3.63, 3.8) is 0 Å². The van der Waals surface area contributed by atoms with Crippen LogP contribution in [-0.4, -0.2) is 38.2 Å². The fourth-order valence-electron chi connectivity index (χ4n) is 2.98. The van der Waals surface area contributed by atoms with Gasteiger partial charge in [-0.2, -0.15) is 0 Å². The maximum atomic E-state index is 12.5. The average molecular weight is 304 g/mol. The number of likely N-dealkylation sites (tertiary alicyclic amines) is 1. The number of amides is 1. The third-order valence-corrected chi connectivity index (χ3v) is 4.97. The molecule has 0 N–H and O–H groups in total. The standard InChI is InChI=1S/C15H20N4OS/c1-2-18-11-16-17-14(18)8-7-12-5-3-9-19(12)15(20)13-6-4-10-21-13/h4,6,10-12H,2-3,5,7-9H2,1H3. The molecule has 0 bridgehead atoms. The van der Waals surface area contributed by atoms with Crippen LogP contribution in [0.5, 0.6) is 0 Å². The van der Waals surface area contributed by atoms with E-state index in [0.717, 1.165) is 49.5 Å². The molecular weight excluding hydrogens is 284 g/mol. The Labute approximate surface area is 128 Å². The van der Waals surface area contributed by atoms with Crippen LogP contribution in [-0.2, 0) is 13.0 Å². The highest BCUT2D eigenvalue weighted by Gasteiger charge is 2.29. The maximum absolute atomic E-state index is 12.5. The van der Waals surface area contributed by atoms with E-state index in [1.165, 1.54) is 11.3 Å². The Morgan fingerprint density at radius 1 is 1.52 bits per heavy atom. The van der Waals surface area contributed by atoms with Crippen molar-refractivity contribution in [1.29, 1.82) is 0 Å². The quantitative estimate of drug-likeness (QED) is 0.853. The minimum Gasteiger partial charge on any atom is -0.335 e. The second-order valence-corrected chi connectivity index (χ2v) is 6.29. The number of rotatable bonds is 5. The summed E-state index contributed by atoms with van der Waals surface area (Å²) in [6.07, 6.45) is 5.82.